The minimum absolute atomic E-state index is 0. The first-order valence-corrected chi connectivity index (χ1v) is 6.54. The molecule has 2 heteroatoms. The largest absolute Gasteiger partial charge is 0.366 e. The van der Waals surface area contributed by atoms with Crippen molar-refractivity contribution in [1.82, 2.24) is 5.32 Å². The van der Waals surface area contributed by atoms with Gasteiger partial charge in [-0.1, -0.05) is 24.6 Å². The predicted molar refractivity (Wildman–Crippen MR) is 68.0 cm³/mol. The van der Waals surface area contributed by atoms with Crippen LogP contribution in [0, 0.1) is 0 Å². The van der Waals surface area contributed by atoms with Crippen LogP contribution in [0.3, 0.4) is 0 Å². The molecular formula is C14H20N2. The Morgan fingerprint density at radius 1 is 1.31 bits per heavy atom. The summed E-state index contributed by atoms with van der Waals surface area (Å²) in [4.78, 5) is 2.70. The van der Waals surface area contributed by atoms with Crippen LogP contribution in [0.2, 0.25) is 0 Å². The van der Waals surface area contributed by atoms with Gasteiger partial charge in [0.05, 0.1) is 0 Å². The first kappa shape index (κ1) is 9.06. The molecule has 2 atom stereocenters. The average Bonchev–Trinajstić information content (AvgIpc) is 2.80. The Labute approximate surface area is 98.1 Å². The minimum atomic E-state index is 0. The molecule has 1 aliphatic carbocycles. The smallest absolute Gasteiger partial charge is 0.0451 e. The van der Waals surface area contributed by atoms with E-state index in [1.807, 2.05) is 0 Å². The molecule has 3 aliphatic rings. The molecule has 1 aromatic rings. The van der Waals surface area contributed by atoms with Gasteiger partial charge in [-0.05, 0) is 24.0 Å². The molecule has 2 aliphatic heterocycles. The van der Waals surface area contributed by atoms with Crippen LogP contribution in [0.5, 0.6) is 0 Å². The molecule has 4 rings (SSSR count). The van der Waals surface area contributed by atoms with E-state index in [0.717, 1.165) is 25.0 Å². The Bertz CT molecular complexity index is 432. The maximum Gasteiger partial charge on any atom is 0.0451 e. The maximum absolute atomic E-state index is 3.53. The third-order valence-corrected chi connectivity index (χ3v) is 4.56. The van der Waals surface area contributed by atoms with E-state index in [-0.39, 0.29) is 1.43 Å². The van der Waals surface area contributed by atoms with Crippen LogP contribution in [-0.2, 0) is 6.54 Å². The van der Waals surface area contributed by atoms with Crippen LogP contribution in [-0.4, -0.2) is 19.1 Å². The molecule has 1 aromatic carbocycles. The maximum atomic E-state index is 3.53. The van der Waals surface area contributed by atoms with Crippen molar-refractivity contribution in [2.75, 3.05) is 18.0 Å². The van der Waals surface area contributed by atoms with Crippen LogP contribution in [0.25, 0.3) is 0 Å². The van der Waals surface area contributed by atoms with Gasteiger partial charge < -0.3 is 10.2 Å². The highest BCUT2D eigenvalue weighted by molar-refractivity contribution is 5.67. The molecule has 0 aromatic heterocycles. The fourth-order valence-corrected chi connectivity index (χ4v) is 3.95. The second-order valence-corrected chi connectivity index (χ2v) is 5.33. The van der Waals surface area contributed by atoms with E-state index in [4.69, 9.17) is 0 Å². The van der Waals surface area contributed by atoms with E-state index < -0.39 is 0 Å². The minimum Gasteiger partial charge on any atom is -0.366 e. The summed E-state index contributed by atoms with van der Waals surface area (Å²) >= 11 is 0. The van der Waals surface area contributed by atoms with Crippen molar-refractivity contribution >= 4 is 5.69 Å². The second-order valence-electron chi connectivity index (χ2n) is 5.33. The Balaban J connectivity index is 0.000000902. The van der Waals surface area contributed by atoms with Crippen LogP contribution < -0.4 is 10.2 Å². The molecular weight excluding hydrogens is 196 g/mol. The zero-order valence-corrected chi connectivity index (χ0v) is 9.58. The highest BCUT2D eigenvalue weighted by Crippen LogP contribution is 2.50. The molecule has 86 valence electrons. The van der Waals surface area contributed by atoms with Gasteiger partial charge in [0.25, 0.3) is 0 Å². The molecule has 0 bridgehead atoms. The normalized spacial score (nSPS) is 31.1. The van der Waals surface area contributed by atoms with Crippen molar-refractivity contribution in [1.29, 1.82) is 0 Å². The van der Waals surface area contributed by atoms with Crippen LogP contribution in [0.4, 0.5) is 5.69 Å². The number of para-hydroxylation sites is 1. The van der Waals surface area contributed by atoms with Gasteiger partial charge in [-0.25, -0.2) is 0 Å². The van der Waals surface area contributed by atoms with Gasteiger partial charge in [0.1, 0.15) is 0 Å². The Hall–Kier alpha value is -1.02. The third kappa shape index (κ3) is 1.06. The molecule has 1 saturated carbocycles. The van der Waals surface area contributed by atoms with Gasteiger partial charge in [-0.15, -0.1) is 0 Å². The van der Waals surface area contributed by atoms with E-state index in [2.05, 4.69) is 28.4 Å². The second kappa shape index (κ2) is 3.24. The van der Waals surface area contributed by atoms with Crippen molar-refractivity contribution < 1.29 is 1.43 Å². The van der Waals surface area contributed by atoms with Gasteiger partial charge in [0, 0.05) is 38.7 Å². The number of nitrogens with zero attached hydrogens (tertiary/aromatic N) is 1. The van der Waals surface area contributed by atoms with Crippen molar-refractivity contribution in [2.24, 2.45) is 0 Å². The number of anilines is 1. The molecule has 0 saturated heterocycles. The SMILES string of the molecule is [HH].c1cc2c3c(c1)[C@H]1CCC[C@H]1N3CCNC2. The zero-order chi connectivity index (χ0) is 10.5. The van der Waals surface area contributed by atoms with Gasteiger partial charge in [-0.2, -0.15) is 0 Å². The highest BCUT2D eigenvalue weighted by atomic mass is 15.2. The van der Waals surface area contributed by atoms with Crippen molar-refractivity contribution in [3.05, 3.63) is 29.3 Å². The Kier molecular flexibility index (Phi) is 1.83. The van der Waals surface area contributed by atoms with Crippen molar-refractivity contribution in [3.63, 3.8) is 0 Å². The number of nitrogens with one attached hydrogen (secondary N) is 1. The monoisotopic (exact) mass is 216 g/mol. The van der Waals surface area contributed by atoms with E-state index in [9.17, 15) is 0 Å². The lowest BCUT2D eigenvalue weighted by molar-refractivity contribution is 0.578. The summed E-state index contributed by atoms with van der Waals surface area (Å²) in [5.41, 5.74) is 4.75. The summed E-state index contributed by atoms with van der Waals surface area (Å²) in [6, 6.07) is 7.73. The van der Waals surface area contributed by atoms with Crippen molar-refractivity contribution in [2.45, 2.75) is 37.8 Å². The van der Waals surface area contributed by atoms with E-state index in [0.29, 0.717) is 0 Å². The Morgan fingerprint density at radius 2 is 2.31 bits per heavy atom. The number of benzene rings is 1. The van der Waals surface area contributed by atoms with E-state index in [1.54, 1.807) is 11.3 Å². The summed E-state index contributed by atoms with van der Waals surface area (Å²) in [5, 5.41) is 3.53. The summed E-state index contributed by atoms with van der Waals surface area (Å²) in [7, 11) is 0. The molecule has 16 heavy (non-hydrogen) atoms. The number of fused-ring (bicyclic) bond motifs is 3. The third-order valence-electron chi connectivity index (χ3n) is 4.56. The fraction of sp³-hybridized carbons (Fsp3) is 0.571. The van der Waals surface area contributed by atoms with Crippen LogP contribution >= 0.6 is 0 Å². The van der Waals surface area contributed by atoms with E-state index >= 15 is 0 Å². The first-order chi connectivity index (χ1) is 7.95. The lowest BCUT2D eigenvalue weighted by Crippen LogP contribution is -2.35. The van der Waals surface area contributed by atoms with Crippen LogP contribution in [0.1, 0.15) is 37.7 Å². The summed E-state index contributed by atoms with van der Waals surface area (Å²) in [6.45, 7) is 3.39. The first-order valence-electron chi connectivity index (χ1n) is 6.54. The summed E-state index contributed by atoms with van der Waals surface area (Å²) < 4.78 is 0. The lowest BCUT2D eigenvalue weighted by atomic mass is 9.96. The Morgan fingerprint density at radius 3 is 3.31 bits per heavy atom. The van der Waals surface area contributed by atoms with E-state index in [1.165, 1.54) is 31.4 Å². The van der Waals surface area contributed by atoms with Gasteiger partial charge >= 0.3 is 0 Å². The average molecular weight is 216 g/mol. The molecule has 0 spiro atoms. The van der Waals surface area contributed by atoms with Gasteiger partial charge in [0.15, 0.2) is 0 Å². The molecule has 2 heterocycles. The number of hydrogen-bond acceptors (Lipinski definition) is 2. The fourth-order valence-electron chi connectivity index (χ4n) is 3.95. The summed E-state index contributed by atoms with van der Waals surface area (Å²) in [6.07, 6.45) is 4.23. The molecule has 1 N–H and O–H groups in total. The molecule has 2 nitrogen and oxygen atoms in total. The molecule has 0 amide bonds. The van der Waals surface area contributed by atoms with Crippen molar-refractivity contribution in [3.8, 4) is 0 Å². The molecule has 0 unspecified atom stereocenters. The van der Waals surface area contributed by atoms with Gasteiger partial charge in [0.2, 0.25) is 0 Å². The lowest BCUT2D eigenvalue weighted by Gasteiger charge is -2.26. The molecule has 0 radical (unpaired) electrons. The standard InChI is InChI=1S/C14H18N2.H2/c1-3-10-9-15-7-8-16-13-6-2-4-11(13)12(5-1)14(10)16;/h1,3,5,11,13,15H,2,4,6-9H2;1H/t11-,13-;/m1./s1. The predicted octanol–water partition coefficient (Wildman–Crippen LogP) is 2.49. The van der Waals surface area contributed by atoms with Gasteiger partial charge in [-0.3, -0.25) is 0 Å². The zero-order valence-electron chi connectivity index (χ0n) is 9.58. The topological polar surface area (TPSA) is 15.3 Å². The quantitative estimate of drug-likeness (QED) is 0.717. The summed E-state index contributed by atoms with van der Waals surface area (Å²) in [5.74, 6) is 0.841. The number of hydrogen-bond donors (Lipinski definition) is 1. The highest BCUT2D eigenvalue weighted by Gasteiger charge is 2.42. The van der Waals surface area contributed by atoms with Crippen LogP contribution in [0.15, 0.2) is 18.2 Å². The number of rotatable bonds is 0. The molecule has 1 fully saturated rings.